The van der Waals surface area contributed by atoms with Gasteiger partial charge in [0.15, 0.2) is 5.78 Å². The van der Waals surface area contributed by atoms with Crippen LogP contribution in [0.5, 0.6) is 0 Å². The summed E-state index contributed by atoms with van der Waals surface area (Å²) in [4.78, 5) is 16.0. The Hall–Kier alpha value is -2.42. The van der Waals surface area contributed by atoms with E-state index in [2.05, 4.69) is 4.98 Å². The lowest BCUT2D eigenvalue weighted by molar-refractivity contribution is 0.0948. The number of fused-ring (bicyclic) bond motifs is 1. The largest absolute Gasteiger partial charge is 0.360 e. The fourth-order valence-electron chi connectivity index (χ4n) is 3.07. The third-order valence-electron chi connectivity index (χ3n) is 4.40. The molecule has 0 spiro atoms. The minimum atomic E-state index is -0.414. The molecule has 0 aliphatic heterocycles. The molecule has 0 amide bonds. The van der Waals surface area contributed by atoms with Crippen molar-refractivity contribution in [2.45, 2.75) is 18.3 Å². The van der Waals surface area contributed by atoms with Crippen molar-refractivity contribution in [1.29, 1.82) is 0 Å². The van der Waals surface area contributed by atoms with E-state index < -0.39 is 5.41 Å². The molecular formula is C18H14FNO. The number of aromatic amines is 1. The summed E-state index contributed by atoms with van der Waals surface area (Å²) >= 11 is 0. The van der Waals surface area contributed by atoms with E-state index in [-0.39, 0.29) is 11.6 Å². The summed E-state index contributed by atoms with van der Waals surface area (Å²) in [6.45, 7) is 0. The van der Waals surface area contributed by atoms with E-state index >= 15 is 0 Å². The minimum Gasteiger partial charge on any atom is -0.360 e. The first kappa shape index (κ1) is 12.3. The van der Waals surface area contributed by atoms with Crippen LogP contribution in [0.3, 0.4) is 0 Å². The Kier molecular flexibility index (Phi) is 2.52. The number of benzene rings is 2. The molecule has 1 saturated carbocycles. The molecule has 0 bridgehead atoms. The van der Waals surface area contributed by atoms with Gasteiger partial charge in [-0.2, -0.15) is 0 Å². The molecule has 0 saturated heterocycles. The summed E-state index contributed by atoms with van der Waals surface area (Å²) in [5.74, 6) is -0.230. The first-order valence-electron chi connectivity index (χ1n) is 7.08. The van der Waals surface area contributed by atoms with Crippen LogP contribution < -0.4 is 0 Å². The summed E-state index contributed by atoms with van der Waals surface area (Å²) in [6.07, 6.45) is 3.42. The van der Waals surface area contributed by atoms with Crippen LogP contribution >= 0.6 is 0 Å². The standard InChI is InChI=1S/C18H14FNO/c19-13-6-7-16-14(10-13)15(11-20-16)17(21)18(8-9-18)12-4-2-1-3-5-12/h1-7,10-11,20H,8-9H2. The van der Waals surface area contributed by atoms with Crippen LogP contribution in [0.4, 0.5) is 4.39 Å². The van der Waals surface area contributed by atoms with E-state index in [1.165, 1.54) is 12.1 Å². The number of aromatic nitrogens is 1. The van der Waals surface area contributed by atoms with Crippen LogP contribution in [0.15, 0.2) is 54.7 Å². The van der Waals surface area contributed by atoms with E-state index in [1.54, 1.807) is 12.3 Å². The van der Waals surface area contributed by atoms with Gasteiger partial charge in [0.25, 0.3) is 0 Å². The number of hydrogen-bond acceptors (Lipinski definition) is 1. The Morgan fingerprint density at radius 1 is 1.10 bits per heavy atom. The van der Waals surface area contributed by atoms with Crippen LogP contribution in [-0.4, -0.2) is 10.8 Å². The van der Waals surface area contributed by atoms with Gasteiger partial charge in [0.2, 0.25) is 0 Å². The van der Waals surface area contributed by atoms with E-state index in [1.807, 2.05) is 30.3 Å². The molecule has 0 unspecified atom stereocenters. The van der Waals surface area contributed by atoms with Crippen LogP contribution in [0.2, 0.25) is 0 Å². The first-order valence-corrected chi connectivity index (χ1v) is 7.08. The molecule has 0 atom stereocenters. The Morgan fingerprint density at radius 2 is 1.86 bits per heavy atom. The average Bonchev–Trinajstić information content (AvgIpc) is 3.23. The highest BCUT2D eigenvalue weighted by Crippen LogP contribution is 2.51. The molecule has 2 nitrogen and oxygen atoms in total. The summed E-state index contributed by atoms with van der Waals surface area (Å²) in [5, 5.41) is 0.669. The van der Waals surface area contributed by atoms with Crippen molar-refractivity contribution in [2.75, 3.05) is 0 Å². The maximum atomic E-state index is 13.5. The molecular weight excluding hydrogens is 265 g/mol. The second kappa shape index (κ2) is 4.29. The molecule has 1 fully saturated rings. The highest BCUT2D eigenvalue weighted by atomic mass is 19.1. The first-order chi connectivity index (χ1) is 10.2. The predicted octanol–water partition coefficient (Wildman–Crippen LogP) is 4.22. The zero-order valence-corrected chi connectivity index (χ0v) is 11.4. The Morgan fingerprint density at radius 3 is 2.57 bits per heavy atom. The van der Waals surface area contributed by atoms with E-state index in [9.17, 15) is 9.18 Å². The van der Waals surface area contributed by atoms with Crippen molar-refractivity contribution in [1.82, 2.24) is 4.98 Å². The topological polar surface area (TPSA) is 32.9 Å². The number of H-pyrrole nitrogens is 1. The van der Waals surface area contributed by atoms with Gasteiger partial charge in [-0.1, -0.05) is 30.3 Å². The molecule has 3 aromatic rings. The second-order valence-electron chi connectivity index (χ2n) is 5.67. The van der Waals surface area contributed by atoms with Gasteiger partial charge in [-0.25, -0.2) is 4.39 Å². The van der Waals surface area contributed by atoms with Gasteiger partial charge in [0.05, 0.1) is 5.41 Å². The van der Waals surface area contributed by atoms with Gasteiger partial charge in [-0.05, 0) is 36.6 Å². The van der Waals surface area contributed by atoms with Crippen LogP contribution in [0.1, 0.15) is 28.8 Å². The molecule has 1 N–H and O–H groups in total. The number of carbonyl (C=O) groups is 1. The van der Waals surface area contributed by atoms with Crippen molar-refractivity contribution in [3.63, 3.8) is 0 Å². The van der Waals surface area contributed by atoms with Crippen LogP contribution in [-0.2, 0) is 5.41 Å². The fourth-order valence-corrected chi connectivity index (χ4v) is 3.07. The second-order valence-corrected chi connectivity index (χ2v) is 5.67. The van der Waals surface area contributed by atoms with Crippen LogP contribution in [0.25, 0.3) is 10.9 Å². The Balaban J connectivity index is 1.82. The lowest BCUT2D eigenvalue weighted by Crippen LogP contribution is -2.20. The smallest absolute Gasteiger partial charge is 0.175 e. The lowest BCUT2D eigenvalue weighted by Gasteiger charge is -2.13. The Labute approximate surface area is 121 Å². The van der Waals surface area contributed by atoms with Gasteiger partial charge in [0, 0.05) is 22.7 Å². The normalized spacial score (nSPS) is 16.0. The summed E-state index contributed by atoms with van der Waals surface area (Å²) < 4.78 is 13.5. The molecule has 1 aliphatic rings. The Bertz CT molecular complexity index is 831. The van der Waals surface area contributed by atoms with Crippen LogP contribution in [0, 0.1) is 5.82 Å². The number of ketones is 1. The molecule has 3 heteroatoms. The third-order valence-corrected chi connectivity index (χ3v) is 4.40. The maximum Gasteiger partial charge on any atom is 0.175 e. The van der Waals surface area contributed by atoms with Crippen molar-refractivity contribution >= 4 is 16.7 Å². The van der Waals surface area contributed by atoms with Crippen molar-refractivity contribution in [3.05, 3.63) is 71.7 Å². The molecule has 0 radical (unpaired) electrons. The van der Waals surface area contributed by atoms with Crippen molar-refractivity contribution in [3.8, 4) is 0 Å². The number of halogens is 1. The minimum absolute atomic E-state index is 0.0885. The zero-order chi connectivity index (χ0) is 14.4. The molecule has 2 aromatic carbocycles. The van der Waals surface area contributed by atoms with Gasteiger partial charge in [-0.15, -0.1) is 0 Å². The van der Waals surface area contributed by atoms with Crippen molar-refractivity contribution in [2.24, 2.45) is 0 Å². The molecule has 1 aliphatic carbocycles. The molecule has 1 aromatic heterocycles. The monoisotopic (exact) mass is 279 g/mol. The lowest BCUT2D eigenvalue weighted by atomic mass is 9.87. The van der Waals surface area contributed by atoms with Gasteiger partial charge in [-0.3, -0.25) is 4.79 Å². The third kappa shape index (κ3) is 1.81. The SMILES string of the molecule is O=C(c1c[nH]c2ccc(F)cc12)C1(c2ccccc2)CC1. The summed E-state index contributed by atoms with van der Waals surface area (Å²) in [5.41, 5.74) is 2.03. The average molecular weight is 279 g/mol. The number of Topliss-reactive ketones (excluding diaryl/α,β-unsaturated/α-hetero) is 1. The van der Waals surface area contributed by atoms with Gasteiger partial charge >= 0.3 is 0 Å². The molecule has 104 valence electrons. The van der Waals surface area contributed by atoms with Gasteiger partial charge in [0.1, 0.15) is 5.82 Å². The zero-order valence-electron chi connectivity index (χ0n) is 11.4. The highest BCUT2D eigenvalue weighted by molar-refractivity contribution is 6.14. The molecule has 21 heavy (non-hydrogen) atoms. The summed E-state index contributed by atoms with van der Waals surface area (Å²) in [7, 11) is 0. The number of hydrogen-bond donors (Lipinski definition) is 1. The number of rotatable bonds is 3. The van der Waals surface area contributed by atoms with Gasteiger partial charge < -0.3 is 4.98 Å². The van der Waals surface area contributed by atoms with E-state index in [4.69, 9.17) is 0 Å². The predicted molar refractivity (Wildman–Crippen MR) is 79.9 cm³/mol. The van der Waals surface area contributed by atoms with Crippen molar-refractivity contribution < 1.29 is 9.18 Å². The maximum absolute atomic E-state index is 13.5. The summed E-state index contributed by atoms with van der Waals surface area (Å²) in [6, 6.07) is 14.4. The molecule has 4 rings (SSSR count). The molecule has 1 heterocycles. The number of nitrogens with one attached hydrogen (secondary N) is 1. The quantitative estimate of drug-likeness (QED) is 0.715. The fraction of sp³-hybridized carbons (Fsp3) is 0.167. The van der Waals surface area contributed by atoms with E-state index in [0.29, 0.717) is 10.9 Å². The van der Waals surface area contributed by atoms with E-state index in [0.717, 1.165) is 23.9 Å². The highest BCUT2D eigenvalue weighted by Gasteiger charge is 2.51. The number of carbonyl (C=O) groups excluding carboxylic acids is 1.